The summed E-state index contributed by atoms with van der Waals surface area (Å²) in [5.74, 6) is 0. The molecule has 7 nitrogen and oxygen atoms in total. The maximum absolute atomic E-state index is 6.91. The Hall–Kier alpha value is -1.14. The van der Waals surface area contributed by atoms with Crippen molar-refractivity contribution in [2.45, 2.75) is 116 Å². The van der Waals surface area contributed by atoms with Crippen LogP contribution in [0.25, 0.3) is 11.2 Å². The minimum absolute atomic E-state index is 0.0242. The fraction of sp³-hybridized carbons (Fsp3) is 0.792. The van der Waals surface area contributed by atoms with E-state index in [1.165, 1.54) is 0 Å². The molecule has 3 rings (SSSR count). The van der Waals surface area contributed by atoms with E-state index in [1.54, 1.807) is 6.33 Å². The monoisotopic (exact) mass is 492 g/mol. The molecule has 1 aliphatic heterocycles. The van der Waals surface area contributed by atoms with E-state index in [-0.39, 0.29) is 28.5 Å². The molecule has 0 spiro atoms. The third-order valence-corrected chi connectivity index (χ3v) is 16.9. The Labute approximate surface area is 201 Å². The van der Waals surface area contributed by atoms with Crippen molar-refractivity contribution in [1.82, 2.24) is 19.5 Å². The van der Waals surface area contributed by atoms with E-state index in [0.29, 0.717) is 6.61 Å². The van der Waals surface area contributed by atoms with Crippen molar-refractivity contribution >= 4 is 27.8 Å². The number of hydrogen-bond donors (Lipinski definition) is 0. The average Bonchev–Trinajstić information content (AvgIpc) is 3.27. The molecular weight excluding hydrogens is 448 g/mol. The highest BCUT2D eigenvalue weighted by Crippen LogP contribution is 2.43. The highest BCUT2D eigenvalue weighted by molar-refractivity contribution is 6.74. The molecule has 3 atom stereocenters. The summed E-state index contributed by atoms with van der Waals surface area (Å²) < 4.78 is 22.1. The van der Waals surface area contributed by atoms with Gasteiger partial charge in [0.15, 0.2) is 28.5 Å². The summed E-state index contributed by atoms with van der Waals surface area (Å²) in [6, 6.07) is 0. The van der Waals surface area contributed by atoms with Crippen LogP contribution in [-0.2, 0) is 20.0 Å². The van der Waals surface area contributed by atoms with Crippen molar-refractivity contribution in [1.29, 1.82) is 0 Å². The van der Waals surface area contributed by atoms with E-state index in [1.807, 2.05) is 10.9 Å². The number of aryl methyl sites for hydroxylation is 1. The minimum Gasteiger partial charge on any atom is -0.414 e. The predicted octanol–water partition coefficient (Wildman–Crippen LogP) is 6.09. The number of aromatic nitrogens is 4. The molecule has 2 aromatic heterocycles. The Morgan fingerprint density at radius 2 is 1.64 bits per heavy atom. The van der Waals surface area contributed by atoms with Crippen molar-refractivity contribution < 1.29 is 13.6 Å². The van der Waals surface area contributed by atoms with Gasteiger partial charge in [-0.3, -0.25) is 4.57 Å². The quantitative estimate of drug-likeness (QED) is 0.436. The van der Waals surface area contributed by atoms with E-state index in [0.717, 1.165) is 29.7 Å². The summed E-state index contributed by atoms with van der Waals surface area (Å²) in [5, 5.41) is 0.276. The second-order valence-electron chi connectivity index (χ2n) is 12.4. The number of fused-ring (bicyclic) bond motifs is 1. The van der Waals surface area contributed by atoms with Crippen molar-refractivity contribution in [3.05, 3.63) is 18.3 Å². The van der Waals surface area contributed by atoms with Gasteiger partial charge >= 0.3 is 0 Å². The smallest absolute Gasteiger partial charge is 0.192 e. The molecule has 9 heteroatoms. The zero-order valence-electron chi connectivity index (χ0n) is 22.5. The van der Waals surface area contributed by atoms with Crippen molar-refractivity contribution in [3.8, 4) is 0 Å². The van der Waals surface area contributed by atoms with Gasteiger partial charge in [0.05, 0.1) is 30.8 Å². The lowest BCUT2D eigenvalue weighted by Crippen LogP contribution is -2.45. The van der Waals surface area contributed by atoms with E-state index in [4.69, 9.17) is 13.6 Å². The highest BCUT2D eigenvalue weighted by Gasteiger charge is 2.46. The van der Waals surface area contributed by atoms with Crippen LogP contribution in [0.15, 0.2) is 12.7 Å². The SMILES string of the molecule is CCc1ncnc2c1ncn2C1OC(CO[Si](C)(C)C(C)(C)C)CC1O[Si](C)(C)C(C)(C)C. The Morgan fingerprint density at radius 1 is 1.00 bits per heavy atom. The van der Waals surface area contributed by atoms with Gasteiger partial charge in [-0.05, 0) is 42.7 Å². The van der Waals surface area contributed by atoms with Gasteiger partial charge in [0.2, 0.25) is 0 Å². The second kappa shape index (κ2) is 9.14. The predicted molar refractivity (Wildman–Crippen MR) is 138 cm³/mol. The molecule has 0 amide bonds. The topological polar surface area (TPSA) is 71.3 Å². The van der Waals surface area contributed by atoms with E-state index in [2.05, 4.69) is 89.6 Å². The first-order valence-corrected chi connectivity index (χ1v) is 18.0. The Kier molecular flexibility index (Phi) is 7.33. The van der Waals surface area contributed by atoms with Crippen LogP contribution in [-0.4, -0.2) is 55.0 Å². The normalized spacial score (nSPS) is 22.9. The summed E-state index contributed by atoms with van der Waals surface area (Å²) in [4.78, 5) is 13.6. The van der Waals surface area contributed by atoms with E-state index >= 15 is 0 Å². The molecule has 0 radical (unpaired) electrons. The molecule has 33 heavy (non-hydrogen) atoms. The van der Waals surface area contributed by atoms with Crippen molar-refractivity contribution in [2.24, 2.45) is 0 Å². The van der Waals surface area contributed by atoms with Crippen LogP contribution in [0.4, 0.5) is 0 Å². The summed E-state index contributed by atoms with van der Waals surface area (Å²) in [5.41, 5.74) is 2.61. The fourth-order valence-corrected chi connectivity index (χ4v) is 5.95. The number of hydrogen-bond acceptors (Lipinski definition) is 6. The molecule has 1 saturated heterocycles. The maximum Gasteiger partial charge on any atom is 0.192 e. The minimum atomic E-state index is -2.01. The summed E-state index contributed by atoms with van der Waals surface area (Å²) in [6.07, 6.45) is 4.70. The third-order valence-electron chi connectivity index (χ3n) is 7.88. The van der Waals surface area contributed by atoms with E-state index < -0.39 is 16.6 Å². The number of nitrogens with zero attached hydrogens (tertiary/aromatic N) is 4. The largest absolute Gasteiger partial charge is 0.414 e. The standard InChI is InChI=1S/C24H44N4O3Si2/c1-12-18-20-21(26-15-25-18)28(16-27-20)22-19(31-33(10,11)24(5,6)7)13-17(30-22)14-29-32(8,9)23(2,3)4/h15-17,19,22H,12-14H2,1-11H3. The molecule has 1 aliphatic rings. The average molecular weight is 493 g/mol. The zero-order chi connectivity index (χ0) is 24.8. The van der Waals surface area contributed by atoms with Crippen LogP contribution in [0.1, 0.15) is 66.8 Å². The van der Waals surface area contributed by atoms with Crippen LogP contribution in [0.5, 0.6) is 0 Å². The van der Waals surface area contributed by atoms with Crippen molar-refractivity contribution in [3.63, 3.8) is 0 Å². The molecule has 2 aromatic rings. The van der Waals surface area contributed by atoms with Gasteiger partial charge in [-0.15, -0.1) is 0 Å². The Morgan fingerprint density at radius 3 is 2.21 bits per heavy atom. The van der Waals surface area contributed by atoms with Crippen LogP contribution >= 0.6 is 0 Å². The van der Waals surface area contributed by atoms with Gasteiger partial charge in [0, 0.05) is 6.42 Å². The fourth-order valence-electron chi connectivity index (χ4n) is 3.59. The third kappa shape index (κ3) is 5.42. The molecule has 3 heterocycles. The summed E-state index contributed by atoms with van der Waals surface area (Å²) >= 11 is 0. The summed E-state index contributed by atoms with van der Waals surface area (Å²) in [6.45, 7) is 25.5. The van der Waals surface area contributed by atoms with Gasteiger partial charge < -0.3 is 13.6 Å². The number of imidazole rings is 1. The Bertz CT molecular complexity index is 963. The lowest BCUT2D eigenvalue weighted by molar-refractivity contribution is -0.0443. The van der Waals surface area contributed by atoms with Crippen LogP contribution in [0.2, 0.25) is 36.3 Å². The molecule has 186 valence electrons. The molecule has 3 unspecified atom stereocenters. The van der Waals surface area contributed by atoms with Gasteiger partial charge in [0.25, 0.3) is 0 Å². The number of ether oxygens (including phenoxy) is 1. The van der Waals surface area contributed by atoms with E-state index in [9.17, 15) is 0 Å². The molecular formula is C24H44N4O3Si2. The first-order valence-electron chi connectivity index (χ1n) is 12.2. The summed E-state index contributed by atoms with van der Waals surface area (Å²) in [7, 11) is -3.87. The first kappa shape index (κ1) is 26.5. The van der Waals surface area contributed by atoms with Crippen molar-refractivity contribution in [2.75, 3.05) is 6.61 Å². The van der Waals surface area contributed by atoms with Crippen LogP contribution < -0.4 is 0 Å². The number of rotatable bonds is 7. The second-order valence-corrected chi connectivity index (χ2v) is 21.9. The van der Waals surface area contributed by atoms with Crippen LogP contribution in [0, 0.1) is 0 Å². The first-order chi connectivity index (χ1) is 15.1. The highest BCUT2D eigenvalue weighted by atomic mass is 28.4. The van der Waals surface area contributed by atoms with Gasteiger partial charge in [-0.2, -0.15) is 0 Å². The molecule has 0 aromatic carbocycles. The molecule has 0 N–H and O–H groups in total. The molecule has 0 aliphatic carbocycles. The van der Waals surface area contributed by atoms with Gasteiger partial charge in [0.1, 0.15) is 11.8 Å². The molecule has 1 fully saturated rings. The van der Waals surface area contributed by atoms with Gasteiger partial charge in [-0.25, -0.2) is 15.0 Å². The lowest BCUT2D eigenvalue weighted by atomic mass is 10.2. The molecule has 0 saturated carbocycles. The lowest BCUT2D eigenvalue weighted by Gasteiger charge is -2.39. The van der Waals surface area contributed by atoms with Gasteiger partial charge in [-0.1, -0.05) is 48.5 Å². The van der Waals surface area contributed by atoms with Crippen LogP contribution in [0.3, 0.4) is 0 Å². The maximum atomic E-state index is 6.91. The Balaban J connectivity index is 1.90. The molecule has 0 bridgehead atoms. The zero-order valence-corrected chi connectivity index (χ0v) is 24.5.